The summed E-state index contributed by atoms with van der Waals surface area (Å²) in [6.45, 7) is 3.64. The molecular weight excluding hydrogens is 1630 g/mol. The molecule has 0 radical (unpaired) electrons. The molecule has 2 aliphatic heterocycles. The Bertz CT molecular complexity index is 4780. The van der Waals surface area contributed by atoms with Crippen molar-refractivity contribution in [2.75, 3.05) is 130 Å². The Labute approximate surface area is 763 Å². The van der Waals surface area contributed by atoms with Crippen LogP contribution in [-0.4, -0.2) is 226 Å². The molecule has 3 unspecified atom stereocenters. The molecule has 4 aliphatic carbocycles. The van der Waals surface area contributed by atoms with Gasteiger partial charge in [0.1, 0.15) is 84.1 Å². The highest BCUT2D eigenvalue weighted by Crippen LogP contribution is 2.58. The Morgan fingerprint density at radius 2 is 0.698 bits per heavy atom. The van der Waals surface area contributed by atoms with Crippen LogP contribution >= 0.6 is 0 Å². The first-order valence-electron chi connectivity index (χ1n) is 46.1. The van der Waals surface area contributed by atoms with Crippen LogP contribution in [0.1, 0.15) is 158 Å². The number of carbonyl (C=O) groups is 6. The average molecular weight is 1770 g/mol. The molecule has 8 aromatic carbocycles. The number of piperidine rings is 2. The second-order valence-electron chi connectivity index (χ2n) is 36.1. The van der Waals surface area contributed by atoms with Gasteiger partial charge in [0, 0.05) is 68.5 Å². The Hall–Kier alpha value is -11.1. The number of aryl methyl sites for hydroxylation is 6. The smallest absolute Gasteiger partial charge is 0.306 e. The highest BCUT2D eigenvalue weighted by Gasteiger charge is 2.56. The average Bonchev–Trinajstić information content (AvgIpc) is 0.717. The van der Waals surface area contributed by atoms with Crippen LogP contribution in [0.5, 0.6) is 46.0 Å². The lowest BCUT2D eigenvalue weighted by atomic mass is 9.52. The number of likely N-dealkylation sites (tertiary alicyclic amines) is 2. The fraction of sp³-hybridized carbons (Fsp3) is 0.491. The van der Waals surface area contributed by atoms with Gasteiger partial charge in [-0.2, -0.15) is 0 Å². The molecular formula is C106H135N5O18. The van der Waals surface area contributed by atoms with E-state index < -0.39 is 30.3 Å². The number of amides is 2. The number of likely N-dealkylation sites (N-methyl/N-ethyl adjacent to an activating group) is 3. The zero-order valence-electron chi connectivity index (χ0n) is 77.6. The number of carboxylic acid groups (broad SMARTS) is 1. The molecule has 4 fully saturated rings. The number of esters is 3. The number of ether oxygens (including phenoxy) is 11. The molecule has 9 atom stereocenters. The highest BCUT2D eigenvalue weighted by molar-refractivity contribution is 5.83. The van der Waals surface area contributed by atoms with Gasteiger partial charge in [-0.25, -0.2) is 0 Å². The van der Waals surface area contributed by atoms with Crippen LogP contribution in [-0.2, 0) is 105 Å². The largest absolute Gasteiger partial charge is 0.497 e. The van der Waals surface area contributed by atoms with Gasteiger partial charge in [0.25, 0.3) is 0 Å². The SMILES string of the molecule is COc1cccc(CCc2ccccc2OCC(CN(C)C)OC(=O)CCC(=O)O)c1.COc1cccc(CCc2ccccc2OC[C@@H](CN(C)C)OC(=O)CCC(=O)N2CC[C@@]34CCCC[C@@H]3C2Cc2ccc(OC)cc24)c1.COc1cccc(CCc2ccccc2OC[C@H](CN(C)C)OC(=O)CCC(=O)N2CC[C@@]34CCCC[C@@H]3C2Cc2ccc(OC)cc24)c1. The zero-order valence-corrected chi connectivity index (χ0v) is 77.6. The summed E-state index contributed by atoms with van der Waals surface area (Å²) in [7, 11) is 20.0. The maximum atomic E-state index is 13.8. The van der Waals surface area contributed by atoms with E-state index in [9.17, 15) is 28.8 Å². The van der Waals surface area contributed by atoms with Gasteiger partial charge in [0.15, 0.2) is 0 Å². The first-order valence-corrected chi connectivity index (χ1v) is 46.1. The molecule has 0 spiro atoms. The second kappa shape index (κ2) is 47.4. The van der Waals surface area contributed by atoms with Gasteiger partial charge < -0.3 is 81.7 Å². The monoisotopic (exact) mass is 1770 g/mol. The van der Waals surface area contributed by atoms with Gasteiger partial charge in [-0.15, -0.1) is 0 Å². The van der Waals surface area contributed by atoms with Crippen molar-refractivity contribution in [1.82, 2.24) is 24.5 Å². The van der Waals surface area contributed by atoms with Gasteiger partial charge in [0.05, 0.1) is 61.2 Å². The highest BCUT2D eigenvalue weighted by atomic mass is 16.6. The van der Waals surface area contributed by atoms with Crippen molar-refractivity contribution in [1.29, 1.82) is 0 Å². The lowest BCUT2D eigenvalue weighted by Gasteiger charge is -2.59. The predicted octanol–water partition coefficient (Wildman–Crippen LogP) is 16.0. The number of para-hydroxylation sites is 3. The molecule has 23 nitrogen and oxygen atoms in total. The number of rotatable bonds is 41. The molecule has 0 aromatic heterocycles. The maximum Gasteiger partial charge on any atom is 0.306 e. The summed E-state index contributed by atoms with van der Waals surface area (Å²) in [5, 5.41) is 8.74. The van der Waals surface area contributed by atoms with Crippen LogP contribution in [0.4, 0.5) is 0 Å². The molecule has 1 N–H and O–H groups in total. The summed E-state index contributed by atoms with van der Waals surface area (Å²) in [4.78, 5) is 86.6. The number of aliphatic carboxylic acids is 1. The van der Waals surface area contributed by atoms with Gasteiger partial charge in [-0.3, -0.25) is 28.8 Å². The molecule has 692 valence electrons. The topological polar surface area (TPSA) is 240 Å². The first-order chi connectivity index (χ1) is 62.4. The van der Waals surface area contributed by atoms with Crippen LogP contribution in [0.15, 0.2) is 182 Å². The molecule has 2 saturated heterocycles. The van der Waals surface area contributed by atoms with Gasteiger partial charge in [-0.05, 0) is 279 Å². The lowest BCUT2D eigenvalue weighted by Crippen LogP contribution is -2.62. The van der Waals surface area contributed by atoms with Gasteiger partial charge in [0.2, 0.25) is 11.8 Å². The van der Waals surface area contributed by atoms with Gasteiger partial charge in [-0.1, -0.05) is 129 Å². The normalized spacial score (nSPS) is 19.3. The van der Waals surface area contributed by atoms with E-state index in [-0.39, 0.29) is 105 Å². The van der Waals surface area contributed by atoms with Crippen molar-refractivity contribution >= 4 is 35.7 Å². The van der Waals surface area contributed by atoms with Crippen LogP contribution in [0.3, 0.4) is 0 Å². The van der Waals surface area contributed by atoms with Crippen molar-refractivity contribution in [3.05, 3.63) is 238 Å². The summed E-state index contributed by atoms with van der Waals surface area (Å²) in [5.74, 6) is 5.41. The Morgan fingerprint density at radius 1 is 0.372 bits per heavy atom. The Kier molecular flexibility index (Phi) is 35.6. The van der Waals surface area contributed by atoms with E-state index >= 15 is 0 Å². The fourth-order valence-corrected chi connectivity index (χ4v) is 20.5. The number of carboxylic acids is 1. The van der Waals surface area contributed by atoms with Crippen LogP contribution in [0, 0.1) is 11.8 Å². The van der Waals surface area contributed by atoms with E-state index in [2.05, 4.69) is 76.5 Å². The number of fused-ring (bicyclic) bond motifs is 2. The Balaban J connectivity index is 0.000000181. The summed E-state index contributed by atoms with van der Waals surface area (Å²) in [5.41, 5.74) is 12.6. The number of methoxy groups -OCH3 is 5. The van der Waals surface area contributed by atoms with Crippen molar-refractivity contribution < 1.29 is 86.0 Å². The summed E-state index contributed by atoms with van der Waals surface area (Å²) in [6, 6.07) is 61.4. The molecule has 6 aliphatic rings. The van der Waals surface area contributed by atoms with E-state index in [0.717, 1.165) is 153 Å². The standard InChI is InChI=1S/2C41H52N2O6.C24H31NO6/c2*1-42(2)27-34(28-48-38-14-6-5-11-30(38)16-15-29-10-9-12-32(24-29)46-3)49-40(45)20-19-39(44)43-23-22-41-21-8-7-13-35(41)37(43)25-31-17-18-33(47-4)26-36(31)41;1-25(2)16-21(31-24(28)14-13-23(26)27)17-30-22-10-5-4-8-19(22)12-11-18-7-6-9-20(15-18)29-3/h2*5-6,9-12,14,17-18,24,26,34-35,37H,7-8,13,15-16,19-23,25,27-28H2,1-4H3;4-10,15,21H,11-14,16-17H2,1-3H3,(H,26,27)/t34-,35+,37?,41-;34-,35-,37?,41+;/m01./s1. The number of nitrogens with zero attached hydrogens (tertiary/aromatic N) is 5. The maximum absolute atomic E-state index is 13.8. The minimum atomic E-state index is -1.03. The van der Waals surface area contributed by atoms with E-state index in [1.54, 1.807) is 35.5 Å². The minimum absolute atomic E-state index is 0.0588. The number of carbonyl (C=O) groups excluding carboxylic acids is 5. The molecule has 2 saturated carbocycles. The molecule has 8 aromatic rings. The first kappa shape index (κ1) is 96.9. The predicted molar refractivity (Wildman–Crippen MR) is 499 cm³/mol. The summed E-state index contributed by atoms with van der Waals surface area (Å²) in [6.07, 6.45) is 16.7. The third-order valence-corrected chi connectivity index (χ3v) is 26.6. The van der Waals surface area contributed by atoms with E-state index in [1.807, 2.05) is 172 Å². The summed E-state index contributed by atoms with van der Waals surface area (Å²) >= 11 is 0. The fourth-order valence-electron chi connectivity index (χ4n) is 20.5. The third-order valence-electron chi connectivity index (χ3n) is 26.6. The van der Waals surface area contributed by atoms with E-state index in [0.29, 0.717) is 31.5 Å². The molecule has 4 bridgehead atoms. The van der Waals surface area contributed by atoms with Crippen LogP contribution < -0.4 is 37.9 Å². The number of hydrogen-bond donors (Lipinski definition) is 1. The van der Waals surface area contributed by atoms with Gasteiger partial charge >= 0.3 is 23.9 Å². The van der Waals surface area contributed by atoms with Crippen molar-refractivity contribution in [3.8, 4) is 46.0 Å². The van der Waals surface area contributed by atoms with Crippen molar-refractivity contribution in [3.63, 3.8) is 0 Å². The molecule has 129 heavy (non-hydrogen) atoms. The van der Waals surface area contributed by atoms with E-state index in [4.69, 9.17) is 57.2 Å². The Morgan fingerprint density at radius 3 is 1.02 bits per heavy atom. The lowest BCUT2D eigenvalue weighted by molar-refractivity contribution is -0.154. The van der Waals surface area contributed by atoms with Crippen LogP contribution in [0.25, 0.3) is 0 Å². The molecule has 23 heteroatoms. The van der Waals surface area contributed by atoms with Crippen LogP contribution in [0.2, 0.25) is 0 Å². The number of hydrogen-bond acceptors (Lipinski definition) is 20. The molecule has 2 amide bonds. The molecule has 2 heterocycles. The molecule has 14 rings (SSSR count). The minimum Gasteiger partial charge on any atom is -0.497 e. The summed E-state index contributed by atoms with van der Waals surface area (Å²) < 4.78 is 63.2. The zero-order chi connectivity index (χ0) is 91.4. The second-order valence-corrected chi connectivity index (χ2v) is 36.1. The van der Waals surface area contributed by atoms with E-state index in [1.165, 1.54) is 77.5 Å². The van der Waals surface area contributed by atoms with Crippen molar-refractivity contribution in [2.45, 2.75) is 195 Å². The quantitative estimate of drug-likeness (QED) is 0.0277. The van der Waals surface area contributed by atoms with Crippen molar-refractivity contribution in [2.24, 2.45) is 11.8 Å². The third kappa shape index (κ3) is 26.6. The number of benzene rings is 8.